The van der Waals surface area contributed by atoms with Gasteiger partial charge in [-0.05, 0) is 42.7 Å². The standard InChI is InChI=1S/C22H22O6/c1-11-7-17(27-10-13-3-5-15(24)6-4-13)19-12(2)22(26)28-21(19)20-14(9-23)8-16(25)18(11)20/h3-6,8,17,19-21,23-24H,2,7,9-10H2,1H3/t17-,19-,20+,21+/m1/s1. The summed E-state index contributed by atoms with van der Waals surface area (Å²) in [5.74, 6) is -1.30. The Hall–Kier alpha value is -2.70. The molecule has 0 saturated carbocycles. The lowest BCUT2D eigenvalue weighted by Crippen LogP contribution is -2.35. The average molecular weight is 382 g/mol. The van der Waals surface area contributed by atoms with Crippen LogP contribution < -0.4 is 0 Å². The lowest BCUT2D eigenvalue weighted by Gasteiger charge is -2.28. The minimum Gasteiger partial charge on any atom is -0.508 e. The summed E-state index contributed by atoms with van der Waals surface area (Å²) >= 11 is 0. The highest BCUT2D eigenvalue weighted by Crippen LogP contribution is 2.48. The molecule has 6 nitrogen and oxygen atoms in total. The van der Waals surface area contributed by atoms with Crippen LogP contribution in [0.25, 0.3) is 0 Å². The fraction of sp³-hybridized carbons (Fsp3) is 0.364. The molecule has 0 spiro atoms. The van der Waals surface area contributed by atoms with Gasteiger partial charge >= 0.3 is 5.97 Å². The molecule has 0 aromatic heterocycles. The van der Waals surface area contributed by atoms with Crippen molar-refractivity contribution in [1.29, 1.82) is 0 Å². The van der Waals surface area contributed by atoms with Gasteiger partial charge in [0.2, 0.25) is 0 Å². The highest BCUT2D eigenvalue weighted by molar-refractivity contribution is 6.09. The summed E-state index contributed by atoms with van der Waals surface area (Å²) < 4.78 is 11.8. The van der Waals surface area contributed by atoms with E-state index in [0.717, 1.165) is 11.1 Å². The van der Waals surface area contributed by atoms with Gasteiger partial charge in [-0.2, -0.15) is 0 Å². The van der Waals surface area contributed by atoms with Crippen LogP contribution in [-0.4, -0.2) is 40.8 Å². The number of carbonyl (C=O) groups excluding carboxylic acids is 2. The molecule has 1 aliphatic heterocycles. The van der Waals surface area contributed by atoms with Crippen molar-refractivity contribution >= 4 is 11.8 Å². The third kappa shape index (κ3) is 2.99. The fourth-order valence-electron chi connectivity index (χ4n) is 4.48. The molecule has 0 bridgehead atoms. The van der Waals surface area contributed by atoms with Gasteiger partial charge in [0.1, 0.15) is 11.9 Å². The van der Waals surface area contributed by atoms with E-state index in [2.05, 4.69) is 6.58 Å². The number of hydrogen-bond acceptors (Lipinski definition) is 6. The molecule has 1 saturated heterocycles. The van der Waals surface area contributed by atoms with Gasteiger partial charge in [0.15, 0.2) is 5.78 Å². The summed E-state index contributed by atoms with van der Waals surface area (Å²) in [7, 11) is 0. The van der Waals surface area contributed by atoms with Crippen molar-refractivity contribution in [3.05, 3.63) is 64.8 Å². The molecule has 6 heteroatoms. The minimum absolute atomic E-state index is 0.141. The molecular weight excluding hydrogens is 360 g/mol. The molecule has 2 aliphatic carbocycles. The molecular formula is C22H22O6. The van der Waals surface area contributed by atoms with Crippen molar-refractivity contribution in [3.8, 4) is 5.75 Å². The summed E-state index contributed by atoms with van der Waals surface area (Å²) in [4.78, 5) is 24.8. The third-order valence-corrected chi connectivity index (χ3v) is 5.83. The summed E-state index contributed by atoms with van der Waals surface area (Å²) in [5, 5.41) is 19.2. The van der Waals surface area contributed by atoms with Crippen LogP contribution in [0.2, 0.25) is 0 Å². The normalized spacial score (nSPS) is 29.4. The number of ether oxygens (including phenoxy) is 2. The molecule has 2 N–H and O–H groups in total. The number of hydrogen-bond donors (Lipinski definition) is 2. The number of esters is 1. The molecule has 0 radical (unpaired) electrons. The van der Waals surface area contributed by atoms with Gasteiger partial charge in [-0.1, -0.05) is 24.3 Å². The fourth-order valence-corrected chi connectivity index (χ4v) is 4.48. The molecule has 1 fully saturated rings. The molecule has 28 heavy (non-hydrogen) atoms. The van der Waals surface area contributed by atoms with Gasteiger partial charge in [0, 0.05) is 17.1 Å². The van der Waals surface area contributed by atoms with Gasteiger partial charge in [-0.15, -0.1) is 0 Å². The Morgan fingerprint density at radius 3 is 2.64 bits per heavy atom. The van der Waals surface area contributed by atoms with Crippen molar-refractivity contribution in [3.63, 3.8) is 0 Å². The number of carbonyl (C=O) groups is 2. The van der Waals surface area contributed by atoms with Gasteiger partial charge in [0.05, 0.1) is 25.2 Å². The smallest absolute Gasteiger partial charge is 0.334 e. The van der Waals surface area contributed by atoms with E-state index in [1.807, 2.05) is 6.92 Å². The number of ketones is 1. The van der Waals surface area contributed by atoms with E-state index < -0.39 is 23.9 Å². The summed E-state index contributed by atoms with van der Waals surface area (Å²) in [6.45, 7) is 5.83. The first-order valence-electron chi connectivity index (χ1n) is 9.25. The number of allylic oxidation sites excluding steroid dienone is 1. The van der Waals surface area contributed by atoms with Gasteiger partial charge in [-0.3, -0.25) is 4.79 Å². The van der Waals surface area contributed by atoms with Crippen molar-refractivity contribution in [2.45, 2.75) is 32.2 Å². The molecule has 1 aromatic rings. The molecule has 146 valence electrons. The molecule has 0 amide bonds. The highest BCUT2D eigenvalue weighted by atomic mass is 16.6. The van der Waals surface area contributed by atoms with Crippen LogP contribution in [-0.2, 0) is 25.7 Å². The molecule has 4 rings (SSSR count). The van der Waals surface area contributed by atoms with Crippen LogP contribution in [0.1, 0.15) is 18.9 Å². The van der Waals surface area contributed by atoms with E-state index in [1.54, 1.807) is 24.3 Å². The van der Waals surface area contributed by atoms with Gasteiger partial charge in [-0.25, -0.2) is 4.79 Å². The van der Waals surface area contributed by atoms with E-state index in [4.69, 9.17) is 9.47 Å². The zero-order chi connectivity index (χ0) is 20.0. The largest absolute Gasteiger partial charge is 0.508 e. The molecule has 0 unspecified atom stereocenters. The third-order valence-electron chi connectivity index (χ3n) is 5.83. The van der Waals surface area contributed by atoms with Crippen molar-refractivity contribution in [2.75, 3.05) is 6.61 Å². The Morgan fingerprint density at radius 2 is 1.96 bits per heavy atom. The number of phenolic OH excluding ortho intramolecular Hbond substituents is 1. The predicted molar refractivity (Wildman–Crippen MR) is 100 cm³/mol. The minimum atomic E-state index is -0.609. The van der Waals surface area contributed by atoms with Crippen LogP contribution in [0.3, 0.4) is 0 Å². The lowest BCUT2D eigenvalue weighted by molar-refractivity contribution is -0.141. The zero-order valence-electron chi connectivity index (χ0n) is 15.6. The van der Waals surface area contributed by atoms with E-state index >= 15 is 0 Å². The van der Waals surface area contributed by atoms with E-state index in [1.165, 1.54) is 6.08 Å². The van der Waals surface area contributed by atoms with Crippen molar-refractivity contribution in [1.82, 2.24) is 0 Å². The number of aliphatic hydroxyl groups excluding tert-OH is 1. The second kappa shape index (κ2) is 7.04. The van der Waals surface area contributed by atoms with Crippen LogP contribution in [0.5, 0.6) is 5.75 Å². The van der Waals surface area contributed by atoms with Crippen LogP contribution >= 0.6 is 0 Å². The Bertz CT molecular complexity index is 907. The van der Waals surface area contributed by atoms with Gasteiger partial charge < -0.3 is 19.7 Å². The maximum absolute atomic E-state index is 12.5. The highest BCUT2D eigenvalue weighted by Gasteiger charge is 2.53. The maximum atomic E-state index is 12.5. The SMILES string of the molecule is C=C1C(=O)O[C@@H]2[C@H]3C(CO)=CC(=O)C3=C(C)C[C@@H](OCc3ccc(O)cc3)[C@@H]12. The maximum Gasteiger partial charge on any atom is 0.334 e. The second-order valence-electron chi connectivity index (χ2n) is 7.55. The van der Waals surface area contributed by atoms with Crippen LogP contribution in [0.15, 0.2) is 59.2 Å². The molecule has 3 aliphatic rings. The Labute approximate surface area is 162 Å². The number of fused-ring (bicyclic) bond motifs is 3. The quantitative estimate of drug-likeness (QED) is 0.613. The number of aliphatic hydroxyl groups is 1. The number of aromatic hydroxyl groups is 1. The summed E-state index contributed by atoms with van der Waals surface area (Å²) in [6, 6.07) is 6.71. The number of rotatable bonds is 4. The summed E-state index contributed by atoms with van der Waals surface area (Å²) in [6.07, 6.45) is 0.928. The van der Waals surface area contributed by atoms with Gasteiger partial charge in [0.25, 0.3) is 0 Å². The van der Waals surface area contributed by atoms with Crippen LogP contribution in [0, 0.1) is 11.8 Å². The van der Waals surface area contributed by atoms with E-state index in [9.17, 15) is 19.8 Å². The predicted octanol–water partition coefficient (Wildman–Crippen LogP) is 2.21. The molecule has 1 aromatic carbocycles. The monoisotopic (exact) mass is 382 g/mol. The Kier molecular flexibility index (Phi) is 4.69. The lowest BCUT2D eigenvalue weighted by atomic mass is 9.82. The molecule has 4 atom stereocenters. The Balaban J connectivity index is 1.66. The van der Waals surface area contributed by atoms with Crippen molar-refractivity contribution < 1.29 is 29.3 Å². The number of benzene rings is 1. The number of phenols is 1. The molecule has 1 heterocycles. The van der Waals surface area contributed by atoms with E-state index in [-0.39, 0.29) is 24.2 Å². The zero-order valence-corrected chi connectivity index (χ0v) is 15.6. The van der Waals surface area contributed by atoms with Crippen molar-refractivity contribution in [2.24, 2.45) is 11.8 Å². The second-order valence-corrected chi connectivity index (χ2v) is 7.55. The Morgan fingerprint density at radius 1 is 1.25 bits per heavy atom. The topological polar surface area (TPSA) is 93.1 Å². The van der Waals surface area contributed by atoms with Crippen LogP contribution in [0.4, 0.5) is 0 Å². The average Bonchev–Trinajstić information content (AvgIpc) is 3.12. The first kappa shape index (κ1) is 18.7. The first-order valence-corrected chi connectivity index (χ1v) is 9.25. The first-order chi connectivity index (χ1) is 13.4. The summed E-state index contributed by atoms with van der Waals surface area (Å²) in [5.41, 5.74) is 3.26. The van der Waals surface area contributed by atoms with E-state index in [0.29, 0.717) is 29.7 Å².